The maximum Gasteiger partial charge on any atom is 0.118 e. The van der Waals surface area contributed by atoms with Crippen molar-refractivity contribution in [3.63, 3.8) is 0 Å². The van der Waals surface area contributed by atoms with Gasteiger partial charge in [-0.05, 0) is 0 Å². The fraction of sp³-hybridized carbons (Fsp3) is 1.00. The third-order valence-electron chi connectivity index (χ3n) is 0.533. The van der Waals surface area contributed by atoms with Crippen molar-refractivity contribution in [2.24, 2.45) is 0 Å². The second-order valence-corrected chi connectivity index (χ2v) is 1.45. The fourth-order valence-electron chi connectivity index (χ4n) is 0.114. The smallest absolute Gasteiger partial charge is 0.118 e. The lowest BCUT2D eigenvalue weighted by Gasteiger charge is -2.02. The summed E-state index contributed by atoms with van der Waals surface area (Å²) >= 11 is 2.62. The van der Waals surface area contributed by atoms with Crippen molar-refractivity contribution in [2.45, 2.75) is 6.10 Å². The molecule has 0 aliphatic rings. The minimum absolute atomic E-state index is 0.165. The summed E-state index contributed by atoms with van der Waals surface area (Å²) in [6.45, 7) is -0.330. The van der Waals surface area contributed by atoms with E-state index >= 15 is 0 Å². The van der Waals surface area contributed by atoms with Crippen LogP contribution in [-0.4, -0.2) is 29.5 Å². The minimum atomic E-state index is -0.486. The van der Waals surface area contributed by atoms with Crippen LogP contribution in [0.2, 0.25) is 0 Å². The first-order chi connectivity index (χ1) is 3.35. The lowest BCUT2D eigenvalue weighted by Crippen LogP contribution is -2.17. The Hall–Kier alpha value is 0.360. The Kier molecular flexibility index (Phi) is 4.75. The van der Waals surface area contributed by atoms with E-state index in [-0.39, 0.29) is 13.2 Å². The lowest BCUT2D eigenvalue weighted by molar-refractivity contribution is 0.0851. The van der Waals surface area contributed by atoms with E-state index in [0.717, 1.165) is 0 Å². The summed E-state index contributed by atoms with van der Waals surface area (Å²) in [6, 6.07) is 0. The molecule has 0 aromatic carbocycles. The molecule has 0 saturated heterocycles. The van der Waals surface area contributed by atoms with Gasteiger partial charge in [0.05, 0.1) is 29.5 Å². The Morgan fingerprint density at radius 2 is 1.86 bits per heavy atom. The van der Waals surface area contributed by atoms with Crippen molar-refractivity contribution in [3.8, 4) is 0 Å². The second-order valence-electron chi connectivity index (χ2n) is 1.08. The van der Waals surface area contributed by atoms with E-state index in [1.54, 1.807) is 0 Å². The van der Waals surface area contributed by atoms with Gasteiger partial charge in [-0.25, -0.2) is 0 Å². The molecular formula is C3H7BrO3. The predicted octanol–water partition coefficient (Wildman–Crippen LogP) is -0.334. The van der Waals surface area contributed by atoms with Crippen LogP contribution in [0.3, 0.4) is 0 Å². The molecule has 0 saturated carbocycles. The van der Waals surface area contributed by atoms with E-state index in [2.05, 4.69) is 20.1 Å². The van der Waals surface area contributed by atoms with Gasteiger partial charge in [-0.2, -0.15) is 0 Å². The molecule has 0 aromatic heterocycles. The molecule has 7 heavy (non-hydrogen) atoms. The zero-order valence-corrected chi connectivity index (χ0v) is 5.26. The van der Waals surface area contributed by atoms with Crippen LogP contribution in [0.4, 0.5) is 0 Å². The first kappa shape index (κ1) is 7.36. The van der Waals surface area contributed by atoms with Gasteiger partial charge in [0.1, 0.15) is 6.10 Å². The average molecular weight is 171 g/mol. The summed E-state index contributed by atoms with van der Waals surface area (Å²) in [4.78, 5) is 0. The van der Waals surface area contributed by atoms with Crippen molar-refractivity contribution < 1.29 is 14.0 Å². The van der Waals surface area contributed by atoms with Crippen LogP contribution in [0.25, 0.3) is 0 Å². The van der Waals surface area contributed by atoms with Crippen LogP contribution in [-0.2, 0) is 3.83 Å². The summed E-state index contributed by atoms with van der Waals surface area (Å²) in [5.74, 6) is 0. The highest BCUT2D eigenvalue weighted by Crippen LogP contribution is 1.93. The highest BCUT2D eigenvalue weighted by atomic mass is 79.9. The molecule has 0 spiro atoms. The molecule has 0 atom stereocenters. The molecule has 4 heteroatoms. The quantitative estimate of drug-likeness (QED) is 0.610. The molecule has 0 unspecified atom stereocenters. The van der Waals surface area contributed by atoms with Gasteiger partial charge in [0.15, 0.2) is 0 Å². The maximum atomic E-state index is 8.21. The Labute approximate surface area is 50.4 Å². The third-order valence-corrected chi connectivity index (χ3v) is 1.06. The van der Waals surface area contributed by atoms with E-state index in [4.69, 9.17) is 10.2 Å². The van der Waals surface area contributed by atoms with Gasteiger partial charge in [0.25, 0.3) is 0 Å². The van der Waals surface area contributed by atoms with E-state index in [0.29, 0.717) is 0 Å². The molecule has 0 aliphatic heterocycles. The zero-order chi connectivity index (χ0) is 5.70. The number of hydrogen-bond acceptors (Lipinski definition) is 3. The van der Waals surface area contributed by atoms with E-state index < -0.39 is 6.10 Å². The first-order valence-electron chi connectivity index (χ1n) is 1.84. The number of rotatable bonds is 3. The molecular weight excluding hydrogens is 164 g/mol. The second kappa shape index (κ2) is 4.52. The molecule has 0 aromatic rings. The van der Waals surface area contributed by atoms with Gasteiger partial charge in [-0.1, -0.05) is 0 Å². The Bertz CT molecular complexity index is 31.7. The van der Waals surface area contributed by atoms with Crippen LogP contribution < -0.4 is 0 Å². The minimum Gasteiger partial charge on any atom is -0.394 e. The van der Waals surface area contributed by atoms with Crippen molar-refractivity contribution in [3.05, 3.63) is 0 Å². The van der Waals surface area contributed by atoms with Crippen molar-refractivity contribution >= 4 is 16.3 Å². The van der Waals surface area contributed by atoms with Gasteiger partial charge in [0, 0.05) is 0 Å². The number of hydrogen-bond donors (Lipinski definition) is 2. The summed E-state index contributed by atoms with van der Waals surface area (Å²) in [5.41, 5.74) is 0. The summed E-state index contributed by atoms with van der Waals surface area (Å²) in [7, 11) is 0. The monoisotopic (exact) mass is 170 g/mol. The predicted molar refractivity (Wildman–Crippen MR) is 28.0 cm³/mol. The van der Waals surface area contributed by atoms with Crippen molar-refractivity contribution in [1.29, 1.82) is 0 Å². The summed E-state index contributed by atoms with van der Waals surface area (Å²) in [5, 5.41) is 16.4. The molecule has 0 heterocycles. The normalized spacial score (nSPS) is 10.3. The van der Waals surface area contributed by atoms with Gasteiger partial charge in [-0.3, -0.25) is 3.83 Å². The highest BCUT2D eigenvalue weighted by Gasteiger charge is 2.01. The number of halogens is 1. The number of aliphatic hydroxyl groups is 2. The summed E-state index contributed by atoms with van der Waals surface area (Å²) < 4.78 is 4.36. The molecule has 0 radical (unpaired) electrons. The Morgan fingerprint density at radius 3 is 1.86 bits per heavy atom. The van der Waals surface area contributed by atoms with Crippen LogP contribution >= 0.6 is 16.3 Å². The Morgan fingerprint density at radius 1 is 1.43 bits per heavy atom. The van der Waals surface area contributed by atoms with Gasteiger partial charge in [-0.15, -0.1) is 0 Å². The van der Waals surface area contributed by atoms with Gasteiger partial charge >= 0.3 is 0 Å². The van der Waals surface area contributed by atoms with Gasteiger partial charge < -0.3 is 10.2 Å². The third kappa shape index (κ3) is 2.99. The largest absolute Gasteiger partial charge is 0.394 e. The van der Waals surface area contributed by atoms with E-state index in [1.807, 2.05) is 0 Å². The Balaban J connectivity index is 2.99. The van der Waals surface area contributed by atoms with Crippen molar-refractivity contribution in [1.82, 2.24) is 0 Å². The maximum absolute atomic E-state index is 8.21. The molecule has 3 nitrogen and oxygen atoms in total. The lowest BCUT2D eigenvalue weighted by atomic mass is 10.4. The molecule has 0 bridgehead atoms. The topological polar surface area (TPSA) is 49.7 Å². The molecule has 0 aliphatic carbocycles. The highest BCUT2D eigenvalue weighted by molar-refractivity contribution is 9.06. The molecule has 0 fully saturated rings. The van der Waals surface area contributed by atoms with Crippen LogP contribution in [0.1, 0.15) is 0 Å². The average Bonchev–Trinajstić information content (AvgIpc) is 1.72. The van der Waals surface area contributed by atoms with Crippen LogP contribution in [0.15, 0.2) is 0 Å². The SMILES string of the molecule is OCC(CO)OBr. The van der Waals surface area contributed by atoms with Crippen LogP contribution in [0, 0.1) is 0 Å². The van der Waals surface area contributed by atoms with E-state index in [1.165, 1.54) is 0 Å². The first-order valence-corrected chi connectivity index (χ1v) is 2.49. The molecule has 0 amide bonds. The standard InChI is InChI=1S/C3H7BrO3/c4-7-3(1-5)2-6/h3,5-6H,1-2H2. The van der Waals surface area contributed by atoms with Crippen LogP contribution in [0.5, 0.6) is 0 Å². The fourth-order valence-corrected chi connectivity index (χ4v) is 0.351. The molecule has 0 rings (SSSR count). The summed E-state index contributed by atoms with van der Waals surface area (Å²) in [6.07, 6.45) is -0.486. The zero-order valence-electron chi connectivity index (χ0n) is 3.67. The molecule has 2 N–H and O–H groups in total. The van der Waals surface area contributed by atoms with Gasteiger partial charge in [0.2, 0.25) is 0 Å². The van der Waals surface area contributed by atoms with E-state index in [9.17, 15) is 0 Å². The number of aliphatic hydroxyl groups excluding tert-OH is 2. The van der Waals surface area contributed by atoms with Crippen molar-refractivity contribution in [2.75, 3.05) is 13.2 Å². The molecule has 44 valence electrons.